The molecule has 0 aromatic carbocycles. The number of ether oxygens (including phenoxy) is 1. The summed E-state index contributed by atoms with van der Waals surface area (Å²) in [5.74, 6) is -0.0374. The zero-order valence-electron chi connectivity index (χ0n) is 13.5. The highest BCUT2D eigenvalue weighted by atomic mass is 16.6. The van der Waals surface area contributed by atoms with Gasteiger partial charge in [0.25, 0.3) is 0 Å². The molecule has 2 aromatic rings. The quantitative estimate of drug-likeness (QED) is 0.399. The van der Waals surface area contributed by atoms with Crippen LogP contribution in [-0.4, -0.2) is 71.7 Å². The lowest BCUT2D eigenvalue weighted by Crippen LogP contribution is -2.44. The second kappa shape index (κ2) is 6.52. The smallest absolute Gasteiger partial charge is 0.219 e. The predicted molar refractivity (Wildman–Crippen MR) is 85.3 cm³/mol. The molecule has 6 N–H and O–H groups in total. The maximum absolute atomic E-state index is 10.8. The predicted octanol–water partition coefficient (Wildman–Crippen LogP) is -1.88. The number of fused-ring (bicyclic) bond motifs is 1. The Morgan fingerprint density at radius 3 is 2.88 bits per heavy atom. The third kappa shape index (κ3) is 3.02. The minimum absolute atomic E-state index is 0.136. The molecule has 1 aliphatic rings. The molecule has 0 aliphatic carbocycles. The van der Waals surface area contributed by atoms with Gasteiger partial charge in [0.15, 0.2) is 23.2 Å². The molecule has 1 saturated heterocycles. The first-order chi connectivity index (χ1) is 11.9. The van der Waals surface area contributed by atoms with Crippen molar-refractivity contribution in [3.05, 3.63) is 12.7 Å². The van der Waals surface area contributed by atoms with Crippen LogP contribution in [0.3, 0.4) is 0 Å². The summed E-state index contributed by atoms with van der Waals surface area (Å²) in [5.41, 5.74) is 4.24. The summed E-state index contributed by atoms with van der Waals surface area (Å²) in [7, 11) is 0. The first-order valence-corrected chi connectivity index (χ1v) is 7.72. The van der Waals surface area contributed by atoms with Crippen molar-refractivity contribution in [2.45, 2.75) is 37.4 Å². The second-order valence-corrected chi connectivity index (χ2v) is 6.07. The van der Waals surface area contributed by atoms with E-state index in [0.717, 1.165) is 0 Å². The first kappa shape index (κ1) is 17.5. The number of aromatic nitrogens is 4. The summed E-state index contributed by atoms with van der Waals surface area (Å²) < 4.78 is 7.04. The van der Waals surface area contributed by atoms with Gasteiger partial charge in [-0.25, -0.2) is 15.0 Å². The number of aliphatic hydroxyl groups excluding tert-OH is 2. The number of aliphatic hydroxyl groups is 3. The molecule has 136 valence electrons. The van der Waals surface area contributed by atoms with Crippen molar-refractivity contribution >= 4 is 22.9 Å². The second-order valence-electron chi connectivity index (χ2n) is 6.07. The number of hydrogen-bond donors (Lipinski definition) is 5. The van der Waals surface area contributed by atoms with Crippen molar-refractivity contribution in [3.8, 4) is 0 Å². The van der Waals surface area contributed by atoms with Gasteiger partial charge in [0, 0.05) is 13.0 Å². The van der Waals surface area contributed by atoms with Gasteiger partial charge in [-0.15, -0.1) is 0 Å². The maximum atomic E-state index is 10.8. The number of anilines is 1. The fourth-order valence-corrected chi connectivity index (χ4v) is 2.85. The van der Waals surface area contributed by atoms with E-state index in [2.05, 4.69) is 20.3 Å². The summed E-state index contributed by atoms with van der Waals surface area (Å²) >= 11 is 0. The van der Waals surface area contributed by atoms with Gasteiger partial charge < -0.3 is 31.1 Å². The highest BCUT2D eigenvalue weighted by Crippen LogP contribution is 2.39. The number of primary amides is 1. The van der Waals surface area contributed by atoms with E-state index in [1.807, 2.05) is 0 Å². The molecule has 3 heterocycles. The van der Waals surface area contributed by atoms with E-state index < -0.39 is 36.6 Å². The number of carbonyl (C=O) groups excluding carboxylic acids is 1. The number of nitrogens with two attached hydrogens (primary N) is 1. The van der Waals surface area contributed by atoms with E-state index in [4.69, 9.17) is 10.5 Å². The molecule has 2 aromatic heterocycles. The van der Waals surface area contributed by atoms with Crippen LogP contribution in [0.25, 0.3) is 11.2 Å². The fourth-order valence-electron chi connectivity index (χ4n) is 2.85. The van der Waals surface area contributed by atoms with Crippen LogP contribution in [0.2, 0.25) is 0 Å². The van der Waals surface area contributed by atoms with Gasteiger partial charge in [-0.05, 0) is 6.92 Å². The molecule has 1 aliphatic heterocycles. The van der Waals surface area contributed by atoms with E-state index in [1.54, 1.807) is 0 Å². The third-order valence-electron chi connectivity index (χ3n) is 4.21. The number of nitrogens with zero attached hydrogens (tertiary/aromatic N) is 4. The Hall–Kier alpha value is -2.34. The zero-order valence-corrected chi connectivity index (χ0v) is 13.5. The summed E-state index contributed by atoms with van der Waals surface area (Å²) in [6.07, 6.45) is -0.335. The lowest BCUT2D eigenvalue weighted by Gasteiger charge is -2.27. The van der Waals surface area contributed by atoms with Crippen molar-refractivity contribution < 1.29 is 24.9 Å². The normalized spacial score (nSPS) is 29.2. The summed E-state index contributed by atoms with van der Waals surface area (Å²) in [5, 5.41) is 32.9. The average Bonchev–Trinajstić information content (AvgIpc) is 3.08. The Labute approximate surface area is 142 Å². The Morgan fingerprint density at radius 2 is 2.24 bits per heavy atom. The Bertz CT molecular complexity index is 778. The first-order valence-electron chi connectivity index (χ1n) is 7.72. The largest absolute Gasteiger partial charge is 0.394 e. The van der Waals surface area contributed by atoms with Crippen LogP contribution in [0.1, 0.15) is 19.6 Å². The Balaban J connectivity index is 1.92. The van der Waals surface area contributed by atoms with Crippen molar-refractivity contribution in [1.29, 1.82) is 0 Å². The molecule has 1 amide bonds. The molecule has 1 fully saturated rings. The lowest BCUT2D eigenvalue weighted by atomic mass is 9.96. The molecule has 11 nitrogen and oxygen atoms in total. The van der Waals surface area contributed by atoms with Crippen molar-refractivity contribution in [2.75, 3.05) is 18.5 Å². The highest BCUT2D eigenvalue weighted by Gasteiger charge is 2.53. The lowest BCUT2D eigenvalue weighted by molar-refractivity contribution is -0.117. The molecule has 0 bridgehead atoms. The van der Waals surface area contributed by atoms with Gasteiger partial charge >= 0.3 is 0 Å². The number of amides is 1. The van der Waals surface area contributed by atoms with E-state index in [0.29, 0.717) is 17.0 Å². The average molecular weight is 352 g/mol. The van der Waals surface area contributed by atoms with Gasteiger partial charge in [-0.2, -0.15) is 0 Å². The number of rotatable bonds is 6. The van der Waals surface area contributed by atoms with Crippen molar-refractivity contribution in [2.24, 2.45) is 5.73 Å². The van der Waals surface area contributed by atoms with Crippen LogP contribution in [0.5, 0.6) is 0 Å². The van der Waals surface area contributed by atoms with Crippen LogP contribution < -0.4 is 11.1 Å². The standard InChI is InChI=1S/C14H20N6O5/c1-14(24)10(23)7(4-21)25-13(14)20-6-19-9-11(16-3-2-8(15)22)17-5-18-12(9)20/h5-7,10,13,21,23-24H,2-4H2,1H3,(H2,15,22)(H,16,17,18). The Morgan fingerprint density at radius 1 is 1.48 bits per heavy atom. The minimum atomic E-state index is -1.65. The van der Waals surface area contributed by atoms with Crippen molar-refractivity contribution in [1.82, 2.24) is 19.5 Å². The van der Waals surface area contributed by atoms with E-state index in [-0.39, 0.29) is 13.0 Å². The molecule has 0 spiro atoms. The third-order valence-corrected chi connectivity index (χ3v) is 4.21. The molecular formula is C14H20N6O5. The summed E-state index contributed by atoms with van der Waals surface area (Å²) in [6, 6.07) is 0. The molecule has 4 unspecified atom stereocenters. The number of imidazole rings is 1. The topological polar surface area (TPSA) is 169 Å². The SMILES string of the molecule is CC1(O)C(O)C(CO)OC1n1cnc2c(NCCC(N)=O)ncnc21. The molecule has 3 rings (SSSR count). The number of carbonyl (C=O) groups is 1. The minimum Gasteiger partial charge on any atom is -0.394 e. The van der Waals surface area contributed by atoms with Crippen LogP contribution >= 0.6 is 0 Å². The van der Waals surface area contributed by atoms with E-state index in [1.165, 1.54) is 24.1 Å². The number of hydrogen-bond acceptors (Lipinski definition) is 9. The van der Waals surface area contributed by atoms with Gasteiger partial charge in [-0.1, -0.05) is 0 Å². The van der Waals surface area contributed by atoms with Crippen LogP contribution in [0.4, 0.5) is 5.82 Å². The Kier molecular flexibility index (Phi) is 4.56. The maximum Gasteiger partial charge on any atom is 0.219 e. The monoisotopic (exact) mass is 352 g/mol. The van der Waals surface area contributed by atoms with E-state index >= 15 is 0 Å². The summed E-state index contributed by atoms with van der Waals surface area (Å²) in [4.78, 5) is 23.3. The highest BCUT2D eigenvalue weighted by molar-refractivity contribution is 5.83. The van der Waals surface area contributed by atoms with Crippen LogP contribution in [0.15, 0.2) is 12.7 Å². The number of nitrogens with one attached hydrogen (secondary N) is 1. The summed E-state index contributed by atoms with van der Waals surface area (Å²) in [6.45, 7) is 1.27. The molecule has 0 radical (unpaired) electrons. The van der Waals surface area contributed by atoms with Crippen molar-refractivity contribution in [3.63, 3.8) is 0 Å². The molecule has 4 atom stereocenters. The molecule has 11 heteroatoms. The van der Waals surface area contributed by atoms with Crippen LogP contribution in [-0.2, 0) is 9.53 Å². The molecule has 0 saturated carbocycles. The molecule has 25 heavy (non-hydrogen) atoms. The van der Waals surface area contributed by atoms with Gasteiger partial charge in [0.2, 0.25) is 5.91 Å². The van der Waals surface area contributed by atoms with Gasteiger partial charge in [0.1, 0.15) is 24.1 Å². The van der Waals surface area contributed by atoms with Gasteiger partial charge in [-0.3, -0.25) is 9.36 Å². The van der Waals surface area contributed by atoms with Crippen LogP contribution in [0, 0.1) is 0 Å². The van der Waals surface area contributed by atoms with Gasteiger partial charge in [0.05, 0.1) is 12.9 Å². The van der Waals surface area contributed by atoms with E-state index in [9.17, 15) is 20.1 Å². The zero-order chi connectivity index (χ0) is 18.2. The fraction of sp³-hybridized carbons (Fsp3) is 0.571. The molecular weight excluding hydrogens is 332 g/mol.